The maximum atomic E-state index is 14.5. The SMILES string of the molecule is CC(C)OC(=O)N1C(c2ccccc2)=NC2(C(=O)N(Cc3ccccc3)c3ccccc32)N1C(=O)OC(C)C. The summed E-state index contributed by atoms with van der Waals surface area (Å²) < 4.78 is 11.2. The fraction of sp³-hybridized carbons (Fsp3) is 0.267. The number of amides is 3. The molecule has 0 N–H and O–H groups in total. The van der Waals surface area contributed by atoms with E-state index in [9.17, 15) is 14.4 Å². The average Bonchev–Trinajstić information content (AvgIpc) is 3.39. The highest BCUT2D eigenvalue weighted by Gasteiger charge is 2.65. The Morgan fingerprint density at radius 1 is 0.795 bits per heavy atom. The highest BCUT2D eigenvalue weighted by atomic mass is 16.6. The van der Waals surface area contributed by atoms with Crippen LogP contribution < -0.4 is 4.90 Å². The second-order valence-corrected chi connectivity index (χ2v) is 9.86. The fourth-order valence-corrected chi connectivity index (χ4v) is 4.80. The van der Waals surface area contributed by atoms with Crippen LogP contribution in [0, 0.1) is 0 Å². The molecule has 1 spiro atoms. The minimum Gasteiger partial charge on any atom is -0.445 e. The van der Waals surface area contributed by atoms with Crippen LogP contribution in [0.4, 0.5) is 15.3 Å². The third kappa shape index (κ3) is 4.50. The van der Waals surface area contributed by atoms with Gasteiger partial charge in [-0.05, 0) is 39.3 Å². The number of anilines is 1. The van der Waals surface area contributed by atoms with Gasteiger partial charge in [0, 0.05) is 11.1 Å². The van der Waals surface area contributed by atoms with Gasteiger partial charge in [0.15, 0.2) is 5.84 Å². The van der Waals surface area contributed by atoms with Crippen LogP contribution in [0.3, 0.4) is 0 Å². The van der Waals surface area contributed by atoms with Crippen molar-refractivity contribution in [2.45, 2.75) is 52.1 Å². The first-order valence-electron chi connectivity index (χ1n) is 12.9. The van der Waals surface area contributed by atoms with E-state index in [0.29, 0.717) is 16.8 Å². The molecule has 1 unspecified atom stereocenters. The lowest BCUT2D eigenvalue weighted by molar-refractivity contribution is -0.134. The highest BCUT2D eigenvalue weighted by Crippen LogP contribution is 2.50. The summed E-state index contributed by atoms with van der Waals surface area (Å²) in [6.07, 6.45) is -2.76. The maximum Gasteiger partial charge on any atom is 0.435 e. The van der Waals surface area contributed by atoms with Gasteiger partial charge in [-0.1, -0.05) is 78.9 Å². The molecule has 3 aromatic carbocycles. The van der Waals surface area contributed by atoms with E-state index in [2.05, 4.69) is 0 Å². The zero-order valence-electron chi connectivity index (χ0n) is 22.3. The standard InChI is InChI=1S/C30H30N4O5/c1-20(2)38-28(36)33-26(23-15-9-6-10-16-23)31-30(34(33)29(37)39-21(3)4)24-17-11-12-18-25(24)32(27(30)35)19-22-13-7-5-8-14-22/h5-18,20-21H,19H2,1-4H3. The summed E-state index contributed by atoms with van der Waals surface area (Å²) in [5.41, 5.74) is 0.557. The second-order valence-electron chi connectivity index (χ2n) is 9.86. The largest absolute Gasteiger partial charge is 0.445 e. The van der Waals surface area contributed by atoms with Gasteiger partial charge >= 0.3 is 12.2 Å². The highest BCUT2D eigenvalue weighted by molar-refractivity contribution is 6.16. The number of ether oxygens (including phenoxy) is 2. The number of fused-ring (bicyclic) bond motifs is 2. The molecule has 3 aromatic rings. The molecule has 0 saturated heterocycles. The molecule has 2 aliphatic heterocycles. The molecule has 2 aliphatic rings. The Balaban J connectivity index is 1.74. The van der Waals surface area contributed by atoms with Gasteiger partial charge in [-0.25, -0.2) is 14.6 Å². The van der Waals surface area contributed by atoms with Crippen molar-refractivity contribution < 1.29 is 23.9 Å². The van der Waals surface area contributed by atoms with E-state index in [4.69, 9.17) is 14.5 Å². The van der Waals surface area contributed by atoms with Crippen molar-refractivity contribution in [2.75, 3.05) is 4.90 Å². The average molecular weight is 527 g/mol. The molecule has 0 fully saturated rings. The van der Waals surface area contributed by atoms with Gasteiger partial charge < -0.3 is 14.4 Å². The zero-order chi connectivity index (χ0) is 27.7. The van der Waals surface area contributed by atoms with Crippen LogP contribution in [0.25, 0.3) is 0 Å². The van der Waals surface area contributed by atoms with E-state index >= 15 is 0 Å². The molecule has 1 atom stereocenters. The Kier molecular flexibility index (Phi) is 6.82. The summed E-state index contributed by atoms with van der Waals surface area (Å²) in [6, 6.07) is 25.6. The van der Waals surface area contributed by atoms with Crippen molar-refractivity contribution in [1.82, 2.24) is 10.0 Å². The summed E-state index contributed by atoms with van der Waals surface area (Å²) in [5, 5.41) is 2.03. The lowest BCUT2D eigenvalue weighted by atomic mass is 10.0. The number of carbonyl (C=O) groups is 3. The molecule has 0 aromatic heterocycles. The Morgan fingerprint density at radius 3 is 2.00 bits per heavy atom. The Hall–Kier alpha value is -4.66. The number of amidine groups is 1. The topological polar surface area (TPSA) is 91.8 Å². The van der Waals surface area contributed by atoms with Crippen LogP contribution in [0.2, 0.25) is 0 Å². The summed E-state index contributed by atoms with van der Waals surface area (Å²) in [5.74, 6) is -0.381. The van der Waals surface area contributed by atoms with E-state index in [1.54, 1.807) is 69.0 Å². The number of hydrogen-bond acceptors (Lipinski definition) is 6. The van der Waals surface area contributed by atoms with Gasteiger partial charge in [0.05, 0.1) is 24.4 Å². The monoisotopic (exact) mass is 526 g/mol. The van der Waals surface area contributed by atoms with E-state index in [1.165, 1.54) is 0 Å². The molecule has 5 rings (SSSR count). The van der Waals surface area contributed by atoms with E-state index in [1.807, 2.05) is 48.5 Å². The number of aliphatic imine (C=N–C) groups is 1. The zero-order valence-corrected chi connectivity index (χ0v) is 22.3. The number of para-hydroxylation sites is 1. The third-order valence-electron chi connectivity index (χ3n) is 6.32. The van der Waals surface area contributed by atoms with Crippen molar-refractivity contribution in [1.29, 1.82) is 0 Å². The van der Waals surface area contributed by atoms with Gasteiger partial charge in [0.2, 0.25) is 0 Å². The summed E-state index contributed by atoms with van der Waals surface area (Å²) in [7, 11) is 0. The lowest BCUT2D eigenvalue weighted by Gasteiger charge is -2.35. The van der Waals surface area contributed by atoms with Gasteiger partial charge in [0.25, 0.3) is 11.6 Å². The number of carbonyl (C=O) groups excluding carboxylic acids is 3. The summed E-state index contributed by atoms with van der Waals surface area (Å²) in [4.78, 5) is 48.5. The number of hydrazine groups is 1. The first kappa shape index (κ1) is 26.0. The smallest absolute Gasteiger partial charge is 0.435 e. The Morgan fingerprint density at radius 2 is 1.36 bits per heavy atom. The van der Waals surface area contributed by atoms with Crippen LogP contribution >= 0.6 is 0 Å². The molecule has 39 heavy (non-hydrogen) atoms. The molecule has 0 radical (unpaired) electrons. The van der Waals surface area contributed by atoms with Crippen molar-refractivity contribution in [3.63, 3.8) is 0 Å². The van der Waals surface area contributed by atoms with Crippen LogP contribution in [-0.4, -0.2) is 46.2 Å². The maximum absolute atomic E-state index is 14.5. The van der Waals surface area contributed by atoms with E-state index in [0.717, 1.165) is 15.6 Å². The second kappa shape index (κ2) is 10.2. The molecule has 3 amide bonds. The first-order chi connectivity index (χ1) is 18.7. The Bertz CT molecular complexity index is 1420. The number of rotatable bonds is 5. The molecule has 0 saturated carbocycles. The molecule has 9 nitrogen and oxygen atoms in total. The van der Waals surface area contributed by atoms with Crippen LogP contribution in [0.1, 0.15) is 44.4 Å². The molecular weight excluding hydrogens is 496 g/mol. The molecule has 9 heteroatoms. The summed E-state index contributed by atoms with van der Waals surface area (Å²) >= 11 is 0. The summed E-state index contributed by atoms with van der Waals surface area (Å²) in [6.45, 7) is 7.05. The van der Waals surface area contributed by atoms with Crippen molar-refractivity contribution in [2.24, 2.45) is 4.99 Å². The van der Waals surface area contributed by atoms with Crippen LogP contribution in [0.5, 0.6) is 0 Å². The fourth-order valence-electron chi connectivity index (χ4n) is 4.80. The molecule has 2 heterocycles. The van der Waals surface area contributed by atoms with E-state index < -0.39 is 36.0 Å². The predicted octanol–water partition coefficient (Wildman–Crippen LogP) is 5.46. The number of nitrogens with zero attached hydrogens (tertiary/aromatic N) is 4. The van der Waals surface area contributed by atoms with Gasteiger partial charge in [-0.15, -0.1) is 0 Å². The minimum absolute atomic E-state index is 0.103. The van der Waals surface area contributed by atoms with Crippen LogP contribution in [0.15, 0.2) is 89.9 Å². The molecular formula is C30H30N4O5. The first-order valence-corrected chi connectivity index (χ1v) is 12.9. The molecule has 0 bridgehead atoms. The van der Waals surface area contributed by atoms with Gasteiger partial charge in [-0.3, -0.25) is 4.79 Å². The minimum atomic E-state index is -1.92. The number of hydrogen-bond donors (Lipinski definition) is 0. The molecule has 0 aliphatic carbocycles. The quantitative estimate of drug-likeness (QED) is 0.441. The van der Waals surface area contributed by atoms with Gasteiger partial charge in [0.1, 0.15) is 0 Å². The van der Waals surface area contributed by atoms with Crippen molar-refractivity contribution >= 4 is 29.6 Å². The van der Waals surface area contributed by atoms with Crippen molar-refractivity contribution in [3.8, 4) is 0 Å². The normalized spacial score (nSPS) is 18.2. The molecule has 200 valence electrons. The van der Waals surface area contributed by atoms with Crippen LogP contribution in [-0.2, 0) is 26.5 Å². The number of benzene rings is 3. The Labute approximate surface area is 227 Å². The van der Waals surface area contributed by atoms with E-state index in [-0.39, 0.29) is 12.4 Å². The predicted molar refractivity (Wildman–Crippen MR) is 146 cm³/mol. The van der Waals surface area contributed by atoms with Crippen molar-refractivity contribution in [3.05, 3.63) is 102 Å². The lowest BCUT2D eigenvalue weighted by Crippen LogP contribution is -2.59. The third-order valence-corrected chi connectivity index (χ3v) is 6.32. The van der Waals surface area contributed by atoms with Gasteiger partial charge in [-0.2, -0.15) is 10.0 Å².